The minimum Gasteiger partial charge on any atom is -0.381 e. The van der Waals surface area contributed by atoms with E-state index in [9.17, 15) is 0 Å². The number of hydrogen-bond donors (Lipinski definition) is 1. The molecule has 1 saturated heterocycles. The molecule has 1 fully saturated rings. The molecule has 0 aromatic heterocycles. The van der Waals surface area contributed by atoms with Gasteiger partial charge >= 0.3 is 0 Å². The Morgan fingerprint density at radius 3 is 1.88 bits per heavy atom. The largest absolute Gasteiger partial charge is 0.381 e. The number of isocyanates is 1. The van der Waals surface area contributed by atoms with Gasteiger partial charge in [0.25, 0.3) is 0 Å². The van der Waals surface area contributed by atoms with Crippen LogP contribution < -0.4 is 0 Å². The highest BCUT2D eigenvalue weighted by atomic mass is 16.5. The summed E-state index contributed by atoms with van der Waals surface area (Å²) in [5.74, 6) is 0. The Hall–Kier alpha value is -0.660. The zero-order valence-corrected chi connectivity index (χ0v) is 4.64. The maximum Gasteiger partial charge on any atom is 0.231 e. The van der Waals surface area contributed by atoms with Crippen molar-refractivity contribution in [3.63, 3.8) is 0 Å². The van der Waals surface area contributed by atoms with Crippen molar-refractivity contribution in [1.82, 2.24) is 0 Å². The lowest BCUT2D eigenvalue weighted by Crippen LogP contribution is -1.74. The van der Waals surface area contributed by atoms with Crippen LogP contribution in [0.2, 0.25) is 0 Å². The van der Waals surface area contributed by atoms with Crippen LogP contribution in [-0.4, -0.2) is 19.3 Å². The summed E-state index contributed by atoms with van der Waals surface area (Å²) < 4.78 is 4.94. The van der Waals surface area contributed by atoms with E-state index in [0.717, 1.165) is 19.3 Å². The fourth-order valence-corrected chi connectivity index (χ4v) is 0.510. The molecule has 3 heteroatoms. The normalized spacial score (nSPS) is 16.0. The highest BCUT2D eigenvalue weighted by Gasteiger charge is 1.94. The first kappa shape index (κ1) is 7.34. The standard InChI is InChI=1S/C4H8O.CHNO/c1-2-4-5-3-1;2-1-3/h1-4H2;2H. The highest BCUT2D eigenvalue weighted by molar-refractivity contribution is 5.26. The van der Waals surface area contributed by atoms with Gasteiger partial charge in [-0.25, -0.2) is 10.2 Å². The Morgan fingerprint density at radius 1 is 1.38 bits per heavy atom. The molecule has 1 aliphatic heterocycles. The zero-order chi connectivity index (χ0) is 6.24. The van der Waals surface area contributed by atoms with E-state index in [1.165, 1.54) is 12.8 Å². The summed E-state index contributed by atoms with van der Waals surface area (Å²) in [5, 5.41) is 5.40. The lowest BCUT2D eigenvalue weighted by atomic mass is 10.4. The van der Waals surface area contributed by atoms with Crippen molar-refractivity contribution in [3.8, 4) is 0 Å². The Balaban J connectivity index is 0.000000145. The van der Waals surface area contributed by atoms with Gasteiger partial charge in [-0.15, -0.1) is 0 Å². The van der Waals surface area contributed by atoms with E-state index in [0.29, 0.717) is 0 Å². The Labute approximate surface area is 48.2 Å². The summed E-state index contributed by atoms with van der Waals surface area (Å²) in [4.78, 5) is 8.35. The quantitative estimate of drug-likeness (QED) is 0.373. The van der Waals surface area contributed by atoms with Crippen molar-refractivity contribution >= 4 is 6.08 Å². The number of ether oxygens (including phenoxy) is 1. The fourth-order valence-electron chi connectivity index (χ4n) is 0.510. The van der Waals surface area contributed by atoms with Crippen LogP contribution in [0.25, 0.3) is 0 Å². The second-order valence-electron chi connectivity index (χ2n) is 1.42. The highest BCUT2D eigenvalue weighted by Crippen LogP contribution is 1.98. The summed E-state index contributed by atoms with van der Waals surface area (Å²) in [6.07, 6.45) is 3.31. The summed E-state index contributed by atoms with van der Waals surface area (Å²) >= 11 is 0. The minimum atomic E-state index is 0.750. The van der Waals surface area contributed by atoms with Gasteiger partial charge < -0.3 is 4.74 Å². The van der Waals surface area contributed by atoms with Gasteiger partial charge in [-0.1, -0.05) is 0 Å². The van der Waals surface area contributed by atoms with E-state index in [4.69, 9.17) is 14.9 Å². The van der Waals surface area contributed by atoms with Crippen molar-refractivity contribution in [2.75, 3.05) is 13.2 Å². The van der Waals surface area contributed by atoms with Crippen LogP contribution in [0, 0.1) is 5.41 Å². The molecule has 1 rings (SSSR count). The first-order valence-corrected chi connectivity index (χ1v) is 2.53. The molecule has 0 aromatic rings. The average molecular weight is 115 g/mol. The monoisotopic (exact) mass is 115 g/mol. The molecule has 0 aromatic carbocycles. The first-order valence-electron chi connectivity index (χ1n) is 2.53. The fraction of sp³-hybridized carbons (Fsp3) is 0.800. The van der Waals surface area contributed by atoms with Crippen LogP contribution in [0.5, 0.6) is 0 Å². The van der Waals surface area contributed by atoms with Gasteiger partial charge in [0.05, 0.1) is 0 Å². The molecule has 0 aliphatic carbocycles. The maximum absolute atomic E-state index is 8.35. The molecular formula is C5H9NO2. The molecule has 0 amide bonds. The van der Waals surface area contributed by atoms with Crippen molar-refractivity contribution in [3.05, 3.63) is 0 Å². The SMILES string of the molecule is C1CCOC1.N=C=O. The van der Waals surface area contributed by atoms with Gasteiger partial charge in [-0.2, -0.15) is 0 Å². The van der Waals surface area contributed by atoms with Gasteiger partial charge in [-0.3, -0.25) is 0 Å². The Morgan fingerprint density at radius 2 is 1.75 bits per heavy atom. The summed E-state index contributed by atoms with van der Waals surface area (Å²) in [6, 6.07) is 0. The van der Waals surface area contributed by atoms with Crippen molar-refractivity contribution in [2.45, 2.75) is 12.8 Å². The van der Waals surface area contributed by atoms with Crippen molar-refractivity contribution < 1.29 is 9.53 Å². The molecule has 46 valence electrons. The summed E-state index contributed by atoms with van der Waals surface area (Å²) in [7, 11) is 0. The molecule has 0 unspecified atom stereocenters. The number of hydrogen-bond acceptors (Lipinski definition) is 3. The number of carbonyl (C=O) groups excluding carboxylic acids is 1. The van der Waals surface area contributed by atoms with E-state index >= 15 is 0 Å². The van der Waals surface area contributed by atoms with Gasteiger partial charge in [-0.05, 0) is 12.8 Å². The van der Waals surface area contributed by atoms with Gasteiger partial charge in [0.15, 0.2) is 0 Å². The molecule has 3 nitrogen and oxygen atoms in total. The van der Waals surface area contributed by atoms with E-state index in [-0.39, 0.29) is 0 Å². The Bertz CT molecular complexity index is 64.9. The molecule has 1 aliphatic rings. The minimum absolute atomic E-state index is 0.750. The van der Waals surface area contributed by atoms with Gasteiger partial charge in [0.1, 0.15) is 0 Å². The first-order chi connectivity index (χ1) is 3.91. The van der Waals surface area contributed by atoms with Gasteiger partial charge in [0.2, 0.25) is 6.08 Å². The van der Waals surface area contributed by atoms with E-state index in [1.807, 2.05) is 0 Å². The second-order valence-corrected chi connectivity index (χ2v) is 1.42. The lowest BCUT2D eigenvalue weighted by molar-refractivity contribution is 0.198. The third kappa shape index (κ3) is 5.34. The third-order valence-corrected chi connectivity index (χ3v) is 0.827. The number of rotatable bonds is 0. The molecule has 0 atom stereocenters. The van der Waals surface area contributed by atoms with Crippen LogP contribution in [0.15, 0.2) is 0 Å². The molecule has 0 radical (unpaired) electrons. The van der Waals surface area contributed by atoms with E-state index < -0.39 is 0 Å². The van der Waals surface area contributed by atoms with Crippen molar-refractivity contribution in [1.29, 1.82) is 5.41 Å². The number of nitrogens with one attached hydrogen (secondary N) is 1. The summed E-state index contributed by atoms with van der Waals surface area (Å²) in [5.41, 5.74) is 0. The molecule has 0 spiro atoms. The van der Waals surface area contributed by atoms with Crippen molar-refractivity contribution in [2.24, 2.45) is 0 Å². The van der Waals surface area contributed by atoms with Crippen LogP contribution in [0.4, 0.5) is 0 Å². The molecule has 0 bridgehead atoms. The van der Waals surface area contributed by atoms with Crippen LogP contribution >= 0.6 is 0 Å². The topological polar surface area (TPSA) is 50.1 Å². The smallest absolute Gasteiger partial charge is 0.231 e. The zero-order valence-electron chi connectivity index (χ0n) is 4.64. The summed E-state index contributed by atoms with van der Waals surface area (Å²) in [6.45, 7) is 2.00. The van der Waals surface area contributed by atoms with E-state index in [2.05, 4.69) is 0 Å². The second kappa shape index (κ2) is 6.34. The van der Waals surface area contributed by atoms with Crippen LogP contribution in [0.1, 0.15) is 12.8 Å². The molecule has 1 N–H and O–H groups in total. The predicted octanol–water partition coefficient (Wildman–Crippen LogP) is 0.698. The third-order valence-electron chi connectivity index (χ3n) is 0.827. The molecule has 0 saturated carbocycles. The van der Waals surface area contributed by atoms with Crippen LogP contribution in [0.3, 0.4) is 0 Å². The van der Waals surface area contributed by atoms with Gasteiger partial charge in [0, 0.05) is 13.2 Å². The molecular weight excluding hydrogens is 106 g/mol. The van der Waals surface area contributed by atoms with E-state index in [1.54, 1.807) is 0 Å². The maximum atomic E-state index is 8.35. The lowest BCUT2D eigenvalue weighted by Gasteiger charge is -1.76. The average Bonchev–Trinajstić information content (AvgIpc) is 2.17. The molecule has 8 heavy (non-hydrogen) atoms. The molecule has 1 heterocycles. The Kier molecular flexibility index (Phi) is 5.82. The predicted molar refractivity (Wildman–Crippen MR) is 28.5 cm³/mol. The van der Waals surface area contributed by atoms with Crippen LogP contribution in [-0.2, 0) is 9.53 Å².